The van der Waals surface area contributed by atoms with E-state index in [0.717, 1.165) is 23.1 Å². The zero-order valence-corrected chi connectivity index (χ0v) is 12.1. The van der Waals surface area contributed by atoms with Crippen LogP contribution in [0.1, 0.15) is 31.7 Å². The Morgan fingerprint density at radius 2 is 1.81 bits per heavy atom. The van der Waals surface area contributed by atoms with Crippen molar-refractivity contribution < 1.29 is 10.0 Å². The van der Waals surface area contributed by atoms with Crippen LogP contribution < -0.4 is 5.32 Å². The van der Waals surface area contributed by atoms with Crippen molar-refractivity contribution in [1.82, 2.24) is 0 Å². The third kappa shape index (κ3) is 1.96. The lowest BCUT2D eigenvalue weighted by molar-refractivity contribution is -0.118. The van der Waals surface area contributed by atoms with E-state index in [1.165, 1.54) is 19.3 Å². The number of hydrogen-bond acceptors (Lipinski definition) is 3. The standard InChI is InChI=1S/C17H20N2O2/c1-9(19-21)10-4-6-13(7-5-10)18-17(20)16-14-11-2-3-12(8-11)15(14)16/h4-7,11-12,14-16,21H,2-3,8H2,1H3,(H,18,20)/b19-9-. The van der Waals surface area contributed by atoms with Gasteiger partial charge in [0.05, 0.1) is 5.71 Å². The van der Waals surface area contributed by atoms with Crippen LogP contribution in [0.2, 0.25) is 0 Å². The molecule has 4 atom stereocenters. The van der Waals surface area contributed by atoms with E-state index in [9.17, 15) is 4.79 Å². The van der Waals surface area contributed by atoms with Crippen molar-refractivity contribution in [2.24, 2.45) is 34.7 Å². The first-order valence-electron chi connectivity index (χ1n) is 7.79. The predicted octanol–water partition coefficient (Wildman–Crippen LogP) is 3.12. The molecule has 2 bridgehead atoms. The van der Waals surface area contributed by atoms with Gasteiger partial charge in [-0.25, -0.2) is 0 Å². The highest BCUT2D eigenvalue weighted by Crippen LogP contribution is 2.69. The van der Waals surface area contributed by atoms with Gasteiger partial charge < -0.3 is 10.5 Å². The monoisotopic (exact) mass is 284 g/mol. The Kier molecular flexibility index (Phi) is 2.81. The summed E-state index contributed by atoms with van der Waals surface area (Å²) in [5, 5.41) is 15.0. The van der Waals surface area contributed by atoms with Crippen LogP contribution in [0.5, 0.6) is 0 Å². The summed E-state index contributed by atoms with van der Waals surface area (Å²) < 4.78 is 0. The van der Waals surface area contributed by atoms with Crippen LogP contribution in [0.25, 0.3) is 0 Å². The van der Waals surface area contributed by atoms with Crippen LogP contribution in [-0.2, 0) is 4.79 Å². The molecule has 4 unspecified atom stereocenters. The molecule has 4 heteroatoms. The largest absolute Gasteiger partial charge is 0.411 e. The minimum Gasteiger partial charge on any atom is -0.411 e. The summed E-state index contributed by atoms with van der Waals surface area (Å²) in [6, 6.07) is 7.47. The lowest BCUT2D eigenvalue weighted by Crippen LogP contribution is -2.18. The third-order valence-corrected chi connectivity index (χ3v) is 5.76. The second-order valence-electron chi connectivity index (χ2n) is 6.77. The molecule has 1 amide bonds. The summed E-state index contributed by atoms with van der Waals surface area (Å²) >= 11 is 0. The number of oxime groups is 1. The van der Waals surface area contributed by atoms with Gasteiger partial charge in [0.2, 0.25) is 5.91 Å². The highest BCUT2D eigenvalue weighted by Gasteiger charge is 2.67. The smallest absolute Gasteiger partial charge is 0.228 e. The maximum Gasteiger partial charge on any atom is 0.228 e. The normalized spacial score (nSPS) is 36.4. The van der Waals surface area contributed by atoms with E-state index in [4.69, 9.17) is 5.21 Å². The number of hydrogen-bond donors (Lipinski definition) is 2. The Labute approximate surface area is 124 Å². The number of rotatable bonds is 3. The summed E-state index contributed by atoms with van der Waals surface area (Å²) in [5.74, 6) is 3.44. The van der Waals surface area contributed by atoms with Gasteiger partial charge in [-0.15, -0.1) is 0 Å². The lowest BCUT2D eigenvalue weighted by atomic mass is 10.0. The molecule has 110 valence electrons. The van der Waals surface area contributed by atoms with Crippen molar-refractivity contribution in [1.29, 1.82) is 0 Å². The molecule has 3 aliphatic carbocycles. The van der Waals surface area contributed by atoms with E-state index >= 15 is 0 Å². The molecular formula is C17H20N2O2. The number of carbonyl (C=O) groups excluding carboxylic acids is 1. The topological polar surface area (TPSA) is 61.7 Å². The second-order valence-corrected chi connectivity index (χ2v) is 6.77. The maximum absolute atomic E-state index is 12.4. The molecule has 3 saturated carbocycles. The maximum atomic E-state index is 12.4. The zero-order valence-electron chi connectivity index (χ0n) is 12.1. The quantitative estimate of drug-likeness (QED) is 0.509. The fraction of sp³-hybridized carbons (Fsp3) is 0.529. The van der Waals surface area contributed by atoms with E-state index in [1.807, 2.05) is 24.3 Å². The number of fused-ring (bicyclic) bond motifs is 5. The average Bonchev–Trinajstić information content (AvgIpc) is 2.96. The van der Waals surface area contributed by atoms with Gasteiger partial charge in [-0.05, 0) is 67.6 Å². The molecule has 21 heavy (non-hydrogen) atoms. The Morgan fingerprint density at radius 1 is 1.19 bits per heavy atom. The Morgan fingerprint density at radius 3 is 2.38 bits per heavy atom. The van der Waals surface area contributed by atoms with Gasteiger partial charge in [-0.2, -0.15) is 0 Å². The molecule has 0 radical (unpaired) electrons. The van der Waals surface area contributed by atoms with E-state index < -0.39 is 0 Å². The number of nitrogens with zero attached hydrogens (tertiary/aromatic N) is 1. The van der Waals surface area contributed by atoms with Gasteiger partial charge in [0.1, 0.15) is 0 Å². The van der Waals surface area contributed by atoms with Crippen molar-refractivity contribution in [2.45, 2.75) is 26.2 Å². The van der Waals surface area contributed by atoms with Crippen LogP contribution in [0.3, 0.4) is 0 Å². The summed E-state index contributed by atoms with van der Waals surface area (Å²) in [6.07, 6.45) is 4.04. The van der Waals surface area contributed by atoms with Gasteiger partial charge in [-0.3, -0.25) is 4.79 Å². The first kappa shape index (κ1) is 12.9. The van der Waals surface area contributed by atoms with Gasteiger partial charge >= 0.3 is 0 Å². The molecule has 0 saturated heterocycles. The number of anilines is 1. The molecular weight excluding hydrogens is 264 g/mol. The summed E-state index contributed by atoms with van der Waals surface area (Å²) in [7, 11) is 0. The Hall–Kier alpha value is -1.84. The fourth-order valence-electron chi connectivity index (χ4n) is 4.75. The SMILES string of the molecule is C/C(=N/O)c1ccc(NC(=O)C2C3C4CCC(C4)C23)cc1. The number of carbonyl (C=O) groups is 1. The first-order chi connectivity index (χ1) is 10.2. The summed E-state index contributed by atoms with van der Waals surface area (Å²) in [6.45, 7) is 1.74. The lowest BCUT2D eigenvalue weighted by Gasteiger charge is -2.10. The van der Waals surface area contributed by atoms with Crippen LogP contribution >= 0.6 is 0 Å². The molecule has 1 aromatic carbocycles. The molecule has 0 aliphatic heterocycles. The molecule has 0 spiro atoms. The minimum atomic E-state index is 0.196. The molecule has 0 heterocycles. The van der Waals surface area contributed by atoms with Gasteiger partial charge in [0, 0.05) is 11.6 Å². The highest BCUT2D eigenvalue weighted by atomic mass is 16.4. The first-order valence-corrected chi connectivity index (χ1v) is 7.79. The molecule has 0 aromatic heterocycles. The zero-order chi connectivity index (χ0) is 14.6. The van der Waals surface area contributed by atoms with Crippen molar-refractivity contribution in [3.8, 4) is 0 Å². The molecule has 1 aromatic rings. The van der Waals surface area contributed by atoms with Crippen molar-refractivity contribution >= 4 is 17.3 Å². The Balaban J connectivity index is 1.42. The minimum absolute atomic E-state index is 0.196. The van der Waals surface area contributed by atoms with E-state index in [1.54, 1.807) is 6.92 Å². The molecule has 4 rings (SSSR count). The van der Waals surface area contributed by atoms with Crippen molar-refractivity contribution in [3.05, 3.63) is 29.8 Å². The fourth-order valence-corrected chi connectivity index (χ4v) is 4.75. The average molecular weight is 284 g/mol. The van der Waals surface area contributed by atoms with E-state index in [0.29, 0.717) is 17.5 Å². The van der Waals surface area contributed by atoms with Crippen LogP contribution in [0.15, 0.2) is 29.4 Å². The third-order valence-electron chi connectivity index (χ3n) is 5.76. The van der Waals surface area contributed by atoms with E-state index in [-0.39, 0.29) is 11.8 Å². The predicted molar refractivity (Wildman–Crippen MR) is 80.4 cm³/mol. The molecule has 3 aliphatic rings. The van der Waals surface area contributed by atoms with Crippen molar-refractivity contribution in [3.63, 3.8) is 0 Å². The van der Waals surface area contributed by atoms with Crippen molar-refractivity contribution in [2.75, 3.05) is 5.32 Å². The van der Waals surface area contributed by atoms with E-state index in [2.05, 4.69) is 10.5 Å². The second kappa shape index (κ2) is 4.58. The molecule has 3 fully saturated rings. The van der Waals surface area contributed by atoms with Gasteiger partial charge in [-0.1, -0.05) is 17.3 Å². The molecule has 4 nitrogen and oxygen atoms in total. The van der Waals surface area contributed by atoms with Gasteiger partial charge in [0.25, 0.3) is 0 Å². The highest BCUT2D eigenvalue weighted by molar-refractivity contribution is 5.99. The van der Waals surface area contributed by atoms with Crippen LogP contribution in [-0.4, -0.2) is 16.8 Å². The number of amides is 1. The number of benzene rings is 1. The van der Waals surface area contributed by atoms with Crippen LogP contribution in [0, 0.1) is 29.6 Å². The summed E-state index contributed by atoms with van der Waals surface area (Å²) in [4.78, 5) is 12.4. The Bertz CT molecular complexity index is 592. The van der Waals surface area contributed by atoms with Gasteiger partial charge in [0.15, 0.2) is 0 Å². The van der Waals surface area contributed by atoms with Crippen LogP contribution in [0.4, 0.5) is 5.69 Å². The molecule has 2 N–H and O–H groups in total. The summed E-state index contributed by atoms with van der Waals surface area (Å²) in [5.41, 5.74) is 2.25. The number of nitrogens with one attached hydrogen (secondary N) is 1.